The van der Waals surface area contributed by atoms with Gasteiger partial charge in [0.1, 0.15) is 0 Å². The highest BCUT2D eigenvalue weighted by atomic mass is 127. The van der Waals surface area contributed by atoms with Gasteiger partial charge in [0.2, 0.25) is 0 Å². The molecule has 0 aromatic heterocycles. The van der Waals surface area contributed by atoms with Crippen LogP contribution in [0.25, 0.3) is 0 Å². The Kier molecular flexibility index (Phi) is 9.61. The Morgan fingerprint density at radius 1 is 1.24 bits per heavy atom. The molecule has 0 saturated carbocycles. The van der Waals surface area contributed by atoms with Gasteiger partial charge in [-0.25, -0.2) is 0 Å². The molecule has 0 amide bonds. The fourth-order valence-electron chi connectivity index (χ4n) is 1.94. The van der Waals surface area contributed by atoms with Gasteiger partial charge in [0.05, 0.1) is 0 Å². The Hall–Kier alpha value is -0.820. The highest BCUT2D eigenvalue weighted by molar-refractivity contribution is 14.0. The van der Waals surface area contributed by atoms with Crippen molar-refractivity contribution in [2.45, 2.75) is 39.3 Å². The molecule has 5 heteroatoms. The maximum absolute atomic E-state index is 5.83. The molecule has 1 aromatic rings. The van der Waals surface area contributed by atoms with Crippen molar-refractivity contribution in [1.82, 2.24) is 10.2 Å². The third-order valence-corrected chi connectivity index (χ3v) is 2.78. The van der Waals surface area contributed by atoms with E-state index in [0.29, 0.717) is 5.96 Å². The molecule has 120 valence electrons. The highest BCUT2D eigenvalue weighted by Crippen LogP contribution is 2.03. The van der Waals surface area contributed by atoms with Crippen molar-refractivity contribution in [3.63, 3.8) is 0 Å². The van der Waals surface area contributed by atoms with Gasteiger partial charge < -0.3 is 16.0 Å². The zero-order valence-electron chi connectivity index (χ0n) is 13.6. The Morgan fingerprint density at radius 2 is 1.86 bits per heavy atom. The second kappa shape index (κ2) is 10.00. The predicted molar refractivity (Wildman–Crippen MR) is 102 cm³/mol. The standard InChI is InChI=1S/C16H28N4.HI/c1-16(2,3)19-15(17)18-11-8-12-20(4)13-14-9-6-5-7-10-14;/h5-7,9-10H,8,11-13H2,1-4H3,(H3,17,18,19);1H. The van der Waals surface area contributed by atoms with Gasteiger partial charge in [-0.15, -0.1) is 24.0 Å². The van der Waals surface area contributed by atoms with Crippen LogP contribution < -0.4 is 11.1 Å². The maximum atomic E-state index is 5.83. The summed E-state index contributed by atoms with van der Waals surface area (Å²) in [6.07, 6.45) is 1.01. The number of hydrogen-bond donors (Lipinski definition) is 2. The molecule has 0 aliphatic rings. The fourth-order valence-corrected chi connectivity index (χ4v) is 1.94. The van der Waals surface area contributed by atoms with E-state index in [4.69, 9.17) is 5.73 Å². The second-order valence-corrected chi connectivity index (χ2v) is 6.22. The minimum atomic E-state index is -0.0301. The Labute approximate surface area is 146 Å². The lowest BCUT2D eigenvalue weighted by atomic mass is 10.1. The van der Waals surface area contributed by atoms with Crippen molar-refractivity contribution in [3.05, 3.63) is 35.9 Å². The largest absolute Gasteiger partial charge is 0.370 e. The van der Waals surface area contributed by atoms with Crippen molar-refractivity contribution in [1.29, 1.82) is 0 Å². The number of nitrogens with two attached hydrogens (primary N) is 1. The molecule has 0 fully saturated rings. The summed E-state index contributed by atoms with van der Waals surface area (Å²) in [4.78, 5) is 6.65. The van der Waals surface area contributed by atoms with Gasteiger partial charge in [-0.05, 0) is 46.3 Å². The lowest BCUT2D eigenvalue weighted by Crippen LogP contribution is -2.45. The van der Waals surface area contributed by atoms with Crippen molar-refractivity contribution in [2.75, 3.05) is 20.1 Å². The summed E-state index contributed by atoms with van der Waals surface area (Å²) in [6, 6.07) is 10.5. The third kappa shape index (κ3) is 10.5. The van der Waals surface area contributed by atoms with Crippen LogP contribution in [0, 0.1) is 0 Å². The zero-order valence-corrected chi connectivity index (χ0v) is 15.9. The number of benzene rings is 1. The van der Waals surface area contributed by atoms with Gasteiger partial charge in [0.25, 0.3) is 0 Å². The molecule has 1 rings (SSSR count). The van der Waals surface area contributed by atoms with Crippen LogP contribution in [0.4, 0.5) is 0 Å². The lowest BCUT2D eigenvalue weighted by molar-refractivity contribution is 0.324. The molecule has 3 N–H and O–H groups in total. The van der Waals surface area contributed by atoms with Crippen LogP contribution in [-0.4, -0.2) is 36.5 Å². The predicted octanol–water partition coefficient (Wildman–Crippen LogP) is 2.83. The van der Waals surface area contributed by atoms with Crippen LogP contribution in [0.5, 0.6) is 0 Å². The summed E-state index contributed by atoms with van der Waals surface area (Å²) in [5.74, 6) is 0.531. The van der Waals surface area contributed by atoms with E-state index >= 15 is 0 Å². The molecule has 0 unspecified atom stereocenters. The number of nitrogens with zero attached hydrogens (tertiary/aromatic N) is 2. The van der Waals surface area contributed by atoms with E-state index in [0.717, 1.165) is 26.1 Å². The van der Waals surface area contributed by atoms with Crippen LogP contribution in [0.15, 0.2) is 35.3 Å². The van der Waals surface area contributed by atoms with Gasteiger partial charge >= 0.3 is 0 Å². The molecule has 4 nitrogen and oxygen atoms in total. The minimum absolute atomic E-state index is 0. The monoisotopic (exact) mass is 404 g/mol. The summed E-state index contributed by atoms with van der Waals surface area (Å²) in [6.45, 7) is 8.96. The van der Waals surface area contributed by atoms with E-state index in [1.54, 1.807) is 0 Å². The molecule has 0 saturated heterocycles. The molecule has 0 bridgehead atoms. The van der Waals surface area contributed by atoms with Gasteiger partial charge in [0.15, 0.2) is 5.96 Å². The number of guanidine groups is 1. The zero-order chi connectivity index (χ0) is 15.0. The van der Waals surface area contributed by atoms with E-state index in [9.17, 15) is 0 Å². The van der Waals surface area contributed by atoms with E-state index in [1.807, 2.05) is 6.07 Å². The topological polar surface area (TPSA) is 53.6 Å². The summed E-state index contributed by atoms with van der Waals surface area (Å²) < 4.78 is 0. The molecule has 0 atom stereocenters. The van der Waals surface area contributed by atoms with E-state index < -0.39 is 0 Å². The van der Waals surface area contributed by atoms with E-state index in [1.165, 1.54) is 5.56 Å². The summed E-state index contributed by atoms with van der Waals surface area (Å²) >= 11 is 0. The molecule has 0 aliphatic heterocycles. The fraction of sp³-hybridized carbons (Fsp3) is 0.562. The summed E-state index contributed by atoms with van der Waals surface area (Å²) in [5.41, 5.74) is 7.14. The summed E-state index contributed by atoms with van der Waals surface area (Å²) in [5, 5.41) is 3.16. The molecule has 0 radical (unpaired) electrons. The number of hydrogen-bond acceptors (Lipinski definition) is 2. The molecule has 21 heavy (non-hydrogen) atoms. The lowest BCUT2D eigenvalue weighted by Gasteiger charge is -2.21. The smallest absolute Gasteiger partial charge is 0.188 e. The van der Waals surface area contributed by atoms with Gasteiger partial charge in [-0.1, -0.05) is 30.3 Å². The van der Waals surface area contributed by atoms with Crippen molar-refractivity contribution in [2.24, 2.45) is 10.7 Å². The van der Waals surface area contributed by atoms with E-state index in [-0.39, 0.29) is 29.5 Å². The van der Waals surface area contributed by atoms with Gasteiger partial charge in [-0.2, -0.15) is 0 Å². The Bertz CT molecular complexity index is 412. The summed E-state index contributed by atoms with van der Waals surface area (Å²) in [7, 11) is 2.13. The van der Waals surface area contributed by atoms with Crippen LogP contribution >= 0.6 is 24.0 Å². The first kappa shape index (κ1) is 20.2. The number of aliphatic imine (C=N–C) groups is 1. The molecule has 0 heterocycles. The van der Waals surface area contributed by atoms with E-state index in [2.05, 4.69) is 67.3 Å². The normalized spacial score (nSPS) is 12.1. The SMILES string of the molecule is CN(CCCN=C(N)NC(C)(C)C)Cc1ccccc1.I. The maximum Gasteiger partial charge on any atom is 0.188 e. The highest BCUT2D eigenvalue weighted by Gasteiger charge is 2.09. The Morgan fingerprint density at radius 3 is 2.43 bits per heavy atom. The van der Waals surface area contributed by atoms with Crippen LogP contribution in [0.2, 0.25) is 0 Å². The van der Waals surface area contributed by atoms with Crippen LogP contribution in [0.1, 0.15) is 32.8 Å². The second-order valence-electron chi connectivity index (χ2n) is 6.22. The Balaban J connectivity index is 0.00000400. The van der Waals surface area contributed by atoms with Crippen molar-refractivity contribution < 1.29 is 0 Å². The van der Waals surface area contributed by atoms with Crippen molar-refractivity contribution >= 4 is 29.9 Å². The molecular formula is C16H29IN4. The van der Waals surface area contributed by atoms with Gasteiger partial charge in [0, 0.05) is 18.6 Å². The molecular weight excluding hydrogens is 375 g/mol. The van der Waals surface area contributed by atoms with Crippen molar-refractivity contribution in [3.8, 4) is 0 Å². The average Bonchev–Trinajstić information content (AvgIpc) is 2.34. The minimum Gasteiger partial charge on any atom is -0.370 e. The first-order chi connectivity index (χ1) is 9.37. The van der Waals surface area contributed by atoms with Crippen LogP contribution in [0.3, 0.4) is 0 Å². The third-order valence-electron chi connectivity index (χ3n) is 2.78. The van der Waals surface area contributed by atoms with Crippen LogP contribution in [-0.2, 0) is 6.54 Å². The average molecular weight is 404 g/mol. The first-order valence-corrected chi connectivity index (χ1v) is 7.17. The number of nitrogens with one attached hydrogen (secondary N) is 1. The number of halogens is 1. The number of rotatable bonds is 6. The van der Waals surface area contributed by atoms with Gasteiger partial charge in [-0.3, -0.25) is 4.99 Å². The first-order valence-electron chi connectivity index (χ1n) is 7.17. The quantitative estimate of drug-likeness (QED) is 0.332. The molecule has 1 aromatic carbocycles. The molecule has 0 aliphatic carbocycles. The molecule has 0 spiro atoms.